The van der Waals surface area contributed by atoms with Crippen molar-refractivity contribution in [2.45, 2.75) is 43.8 Å². The Morgan fingerprint density at radius 2 is 1.81 bits per heavy atom. The quantitative estimate of drug-likeness (QED) is 0.0609. The summed E-state index contributed by atoms with van der Waals surface area (Å²) in [5.41, 5.74) is 0.337. The van der Waals surface area contributed by atoms with Crippen LogP contribution in [0, 0.1) is 23.5 Å². The van der Waals surface area contributed by atoms with Crippen LogP contribution in [0.3, 0.4) is 0 Å². The Hall–Kier alpha value is -4.28. The minimum atomic E-state index is -4.86. The van der Waals surface area contributed by atoms with E-state index in [1.807, 2.05) is 20.1 Å². The first-order chi connectivity index (χ1) is 25.5. The van der Waals surface area contributed by atoms with E-state index in [0.29, 0.717) is 21.5 Å². The first-order valence-electron chi connectivity index (χ1n) is 16.0. The van der Waals surface area contributed by atoms with Gasteiger partial charge >= 0.3 is 12.3 Å². The van der Waals surface area contributed by atoms with Gasteiger partial charge in [-0.05, 0) is 68.3 Å². The second kappa shape index (κ2) is 18.4. The van der Waals surface area contributed by atoms with Crippen LogP contribution in [0.25, 0.3) is 22.0 Å². The van der Waals surface area contributed by atoms with E-state index >= 15 is 0 Å². The number of aliphatic hydroxyl groups excluding tert-OH is 1. The SMILES string of the molecule is CSC(C)(C)C#Cc1ccc(-c2ccc(Cl)c3c(N(C(=O)OCCOCCO)S(C)=O)nn(CC(F)(F)F)c23)c(C(Cc2cc(F)cc(F)c2)NC=O)n1. The summed E-state index contributed by atoms with van der Waals surface area (Å²) >= 11 is 8.09. The van der Waals surface area contributed by atoms with Crippen LogP contribution in [0.15, 0.2) is 42.5 Å². The van der Waals surface area contributed by atoms with Crippen molar-refractivity contribution in [2.24, 2.45) is 0 Å². The van der Waals surface area contributed by atoms with E-state index in [-0.39, 0.29) is 76.9 Å². The number of pyridine rings is 1. The zero-order chi connectivity index (χ0) is 39.8. The Morgan fingerprint density at radius 1 is 1.13 bits per heavy atom. The fourth-order valence-electron chi connectivity index (χ4n) is 5.22. The molecule has 2 N–H and O–H groups in total. The van der Waals surface area contributed by atoms with E-state index in [0.717, 1.165) is 18.4 Å². The standard InChI is InChI=1S/C35H35ClF5N5O6S2/c1-34(2,53-3)10-9-24-5-6-25(30(43-24)28(42-20-48)17-21-15-22(37)18-23(38)16-21)26-7-8-27(36)29-31(26)45(19-35(39,40)41)44-32(29)46(54(4)50)33(49)52-14-13-51-12-11-47/h5-8,15-16,18,20,28,47H,11-14,17,19H2,1-4H3,(H,42,48). The average molecular weight is 816 g/mol. The van der Waals surface area contributed by atoms with E-state index in [4.69, 9.17) is 31.2 Å². The second-order valence-electron chi connectivity index (χ2n) is 12.0. The maximum Gasteiger partial charge on any atom is 0.427 e. The van der Waals surface area contributed by atoms with Crippen LogP contribution in [0.1, 0.15) is 36.8 Å². The highest BCUT2D eigenvalue weighted by Gasteiger charge is 2.35. The van der Waals surface area contributed by atoms with Gasteiger partial charge in [-0.3, -0.25) is 9.48 Å². The van der Waals surface area contributed by atoms with Gasteiger partial charge in [0.1, 0.15) is 41.5 Å². The third-order valence-electron chi connectivity index (χ3n) is 7.64. The highest BCUT2D eigenvalue weighted by molar-refractivity contribution is 8.00. The fourth-order valence-corrected chi connectivity index (χ4v) is 6.24. The zero-order valence-electron chi connectivity index (χ0n) is 29.3. The van der Waals surface area contributed by atoms with Gasteiger partial charge in [0, 0.05) is 23.4 Å². The molecule has 0 fully saturated rings. The molecule has 0 aliphatic heterocycles. The van der Waals surface area contributed by atoms with Crippen LogP contribution >= 0.6 is 23.4 Å². The number of hydrogen-bond acceptors (Lipinski definition) is 9. The maximum absolute atomic E-state index is 14.3. The van der Waals surface area contributed by atoms with E-state index in [1.54, 1.807) is 0 Å². The minimum Gasteiger partial charge on any atom is -0.446 e. The minimum absolute atomic E-state index is 0.0413. The molecule has 0 aliphatic rings. The van der Waals surface area contributed by atoms with Gasteiger partial charge in [0.15, 0.2) is 5.82 Å². The highest BCUT2D eigenvalue weighted by Crippen LogP contribution is 2.42. The molecule has 0 bridgehead atoms. The number of alkyl halides is 3. The molecule has 0 aliphatic carbocycles. The molecule has 54 heavy (non-hydrogen) atoms. The number of ether oxygens (including phenoxy) is 2. The fraction of sp³-hybridized carbons (Fsp3) is 0.371. The number of carbonyl (C=O) groups excluding carboxylic acids is 2. The summed E-state index contributed by atoms with van der Waals surface area (Å²) in [6.45, 7) is 1.24. The number of benzene rings is 2. The van der Waals surface area contributed by atoms with Crippen molar-refractivity contribution >= 4 is 63.6 Å². The van der Waals surface area contributed by atoms with Gasteiger partial charge in [-0.1, -0.05) is 23.6 Å². The van der Waals surface area contributed by atoms with Crippen LogP contribution in [0.2, 0.25) is 5.02 Å². The molecular weight excluding hydrogens is 781 g/mol. The molecule has 0 spiro atoms. The molecule has 2 heterocycles. The maximum atomic E-state index is 14.3. The first-order valence-corrected chi connectivity index (χ1v) is 19.1. The summed E-state index contributed by atoms with van der Waals surface area (Å²) in [6.07, 6.45) is -3.00. The average Bonchev–Trinajstić information content (AvgIpc) is 3.44. The third-order valence-corrected chi connectivity index (χ3v) is 9.91. The first kappa shape index (κ1) is 42.5. The number of carbonyl (C=O) groups is 2. The summed E-state index contributed by atoms with van der Waals surface area (Å²) in [5, 5.41) is 15.2. The molecule has 2 unspecified atom stereocenters. The monoisotopic (exact) mass is 815 g/mol. The Balaban J connectivity index is 2.02. The number of rotatable bonds is 15. The van der Waals surface area contributed by atoms with Gasteiger partial charge in [-0.25, -0.2) is 22.8 Å². The molecular formula is C35H35ClF5N5O6S2. The summed E-state index contributed by atoms with van der Waals surface area (Å²) in [7, 11) is -2.25. The lowest BCUT2D eigenvalue weighted by Crippen LogP contribution is -2.34. The molecule has 0 radical (unpaired) electrons. The number of aromatic nitrogens is 3. The second-order valence-corrected chi connectivity index (χ2v) is 15.0. The van der Waals surface area contributed by atoms with Gasteiger partial charge in [0.2, 0.25) is 6.41 Å². The molecule has 11 nitrogen and oxygen atoms in total. The number of thioether (sulfide) groups is 1. The predicted octanol–water partition coefficient (Wildman–Crippen LogP) is 6.36. The van der Waals surface area contributed by atoms with E-state index < -0.39 is 58.0 Å². The van der Waals surface area contributed by atoms with Crippen LogP contribution in [0.4, 0.5) is 32.6 Å². The summed E-state index contributed by atoms with van der Waals surface area (Å²) in [5.74, 6) is 3.80. The third kappa shape index (κ3) is 10.9. The number of anilines is 1. The van der Waals surface area contributed by atoms with Crippen molar-refractivity contribution in [2.75, 3.05) is 43.2 Å². The van der Waals surface area contributed by atoms with E-state index in [1.165, 1.54) is 36.0 Å². The number of nitrogens with zero attached hydrogens (tertiary/aromatic N) is 4. The van der Waals surface area contributed by atoms with Crippen molar-refractivity contribution < 1.29 is 50.3 Å². The van der Waals surface area contributed by atoms with Gasteiger partial charge in [0.25, 0.3) is 0 Å². The summed E-state index contributed by atoms with van der Waals surface area (Å²) in [4.78, 5) is 29.9. The molecule has 0 saturated carbocycles. The summed E-state index contributed by atoms with van der Waals surface area (Å²) in [6, 6.07) is 7.43. The van der Waals surface area contributed by atoms with Crippen molar-refractivity contribution in [3.05, 3.63) is 76.1 Å². The van der Waals surface area contributed by atoms with E-state index in [9.17, 15) is 35.8 Å². The van der Waals surface area contributed by atoms with Gasteiger partial charge in [0.05, 0.1) is 52.2 Å². The molecule has 4 rings (SSSR count). The lowest BCUT2D eigenvalue weighted by Gasteiger charge is -2.21. The smallest absolute Gasteiger partial charge is 0.427 e. The highest BCUT2D eigenvalue weighted by atomic mass is 35.5. The summed E-state index contributed by atoms with van der Waals surface area (Å²) < 4.78 is 94.8. The van der Waals surface area contributed by atoms with Crippen LogP contribution < -0.4 is 9.62 Å². The predicted molar refractivity (Wildman–Crippen MR) is 196 cm³/mol. The van der Waals surface area contributed by atoms with Crippen molar-refractivity contribution in [1.29, 1.82) is 0 Å². The molecule has 4 aromatic rings. The lowest BCUT2D eigenvalue weighted by molar-refractivity contribution is -0.141. The molecule has 290 valence electrons. The molecule has 0 saturated heterocycles. The number of nitrogens with one attached hydrogen (secondary N) is 1. The molecule has 2 atom stereocenters. The van der Waals surface area contributed by atoms with Crippen molar-refractivity contribution in [1.82, 2.24) is 20.1 Å². The number of amides is 2. The van der Waals surface area contributed by atoms with Crippen molar-refractivity contribution in [3.8, 4) is 23.0 Å². The Kier molecular flexibility index (Phi) is 14.4. The number of hydrogen-bond donors (Lipinski definition) is 2. The van der Waals surface area contributed by atoms with Gasteiger partial charge in [-0.2, -0.15) is 22.6 Å². The molecule has 19 heteroatoms. The van der Waals surface area contributed by atoms with Gasteiger partial charge in [-0.15, -0.1) is 11.8 Å². The van der Waals surface area contributed by atoms with E-state index in [2.05, 4.69) is 22.3 Å². The number of halogens is 6. The van der Waals surface area contributed by atoms with Crippen LogP contribution in [-0.2, 0) is 38.2 Å². The topological polar surface area (TPSA) is 136 Å². The zero-order valence-corrected chi connectivity index (χ0v) is 31.7. The van der Waals surface area contributed by atoms with Crippen molar-refractivity contribution in [3.63, 3.8) is 0 Å². The molecule has 2 aromatic heterocycles. The number of fused-ring (bicyclic) bond motifs is 1. The van der Waals surface area contributed by atoms with Gasteiger partial charge < -0.3 is 19.9 Å². The largest absolute Gasteiger partial charge is 0.446 e. The molecule has 2 aromatic carbocycles. The Bertz CT molecular complexity index is 2070. The normalized spacial score (nSPS) is 12.9. The van der Waals surface area contributed by atoms with Crippen LogP contribution in [-0.4, -0.2) is 86.4 Å². The molecule has 2 amide bonds. The Labute approximate surface area is 319 Å². The number of aliphatic hydroxyl groups is 1. The Morgan fingerprint density at radius 3 is 2.43 bits per heavy atom. The lowest BCUT2D eigenvalue weighted by atomic mass is 9.94. The van der Waals surface area contributed by atoms with Crippen LogP contribution in [0.5, 0.6) is 0 Å².